The number of ether oxygens (including phenoxy) is 1. The van der Waals surface area contributed by atoms with E-state index in [9.17, 15) is 5.11 Å². The van der Waals surface area contributed by atoms with Crippen molar-refractivity contribution in [3.63, 3.8) is 0 Å². The summed E-state index contributed by atoms with van der Waals surface area (Å²) in [6.45, 7) is 16.4. The van der Waals surface area contributed by atoms with Crippen LogP contribution in [0.15, 0.2) is 42.3 Å². The minimum Gasteiger partial charge on any atom is -0.508 e. The van der Waals surface area contributed by atoms with Gasteiger partial charge in [-0.25, -0.2) is 0 Å². The van der Waals surface area contributed by atoms with Gasteiger partial charge in [-0.2, -0.15) is 0 Å². The third-order valence-electron chi connectivity index (χ3n) is 5.38. The van der Waals surface area contributed by atoms with E-state index < -0.39 is 0 Å². The predicted molar refractivity (Wildman–Crippen MR) is 111 cm³/mol. The van der Waals surface area contributed by atoms with E-state index in [0.717, 1.165) is 29.1 Å². The van der Waals surface area contributed by atoms with Crippen molar-refractivity contribution in [3.05, 3.63) is 53.5 Å². The van der Waals surface area contributed by atoms with Crippen LogP contribution in [0.4, 0.5) is 0 Å². The first-order valence-corrected chi connectivity index (χ1v) is 9.84. The second-order valence-corrected chi connectivity index (χ2v) is 8.31. The monoisotopic (exact) mass is 358 g/mol. The molecule has 1 aliphatic carbocycles. The molecule has 0 amide bonds. The maximum atomic E-state index is 9.85. The number of rotatable bonds is 8. The quantitative estimate of drug-likeness (QED) is 0.499. The molecule has 0 atom stereocenters. The smallest absolute Gasteiger partial charge is 0.121 e. The molecule has 0 heterocycles. The molecule has 0 aliphatic heterocycles. The maximum absolute atomic E-state index is 9.85. The molecule has 1 aromatic rings. The molecule has 0 bridgehead atoms. The van der Waals surface area contributed by atoms with Gasteiger partial charge in [0.05, 0.1) is 6.10 Å². The van der Waals surface area contributed by atoms with Crippen molar-refractivity contribution < 1.29 is 9.84 Å². The average Bonchev–Trinajstić information content (AvgIpc) is 2.57. The lowest BCUT2D eigenvalue weighted by atomic mass is 9.63. The van der Waals surface area contributed by atoms with Gasteiger partial charge in [-0.15, -0.1) is 0 Å². The Bertz CT molecular complexity index is 675. The van der Waals surface area contributed by atoms with Crippen molar-refractivity contribution in [2.75, 3.05) is 0 Å². The lowest BCUT2D eigenvalue weighted by Crippen LogP contribution is -2.43. The van der Waals surface area contributed by atoms with Crippen LogP contribution in [-0.2, 0) is 0 Å². The average molecular weight is 359 g/mol. The number of aliphatic hydroxyl groups excluding tert-OH is 1. The van der Waals surface area contributed by atoms with Crippen molar-refractivity contribution in [1.29, 1.82) is 0 Å². The first-order valence-electron chi connectivity index (χ1n) is 9.02. The molecule has 3 heteroatoms. The Balaban J connectivity index is 2.18. The molecule has 0 aromatic heterocycles. The fourth-order valence-electron chi connectivity index (χ4n) is 3.32. The zero-order valence-electron chi connectivity index (χ0n) is 15.9. The molecule has 1 fully saturated rings. The molecule has 1 aliphatic rings. The summed E-state index contributed by atoms with van der Waals surface area (Å²) in [7, 11) is 0. The van der Waals surface area contributed by atoms with Crippen LogP contribution >= 0.6 is 11.8 Å². The van der Waals surface area contributed by atoms with E-state index in [2.05, 4.69) is 40.0 Å². The number of hydrogen-bond acceptors (Lipinski definition) is 3. The second-order valence-electron chi connectivity index (χ2n) is 6.97. The molecule has 0 radical (unpaired) electrons. The van der Waals surface area contributed by atoms with Gasteiger partial charge in [0.1, 0.15) is 11.5 Å². The highest BCUT2D eigenvalue weighted by molar-refractivity contribution is 8.11. The van der Waals surface area contributed by atoms with Gasteiger partial charge in [0.15, 0.2) is 0 Å². The molecule has 0 unspecified atom stereocenters. The predicted octanol–water partition coefficient (Wildman–Crippen LogP) is 7.19. The number of thioether (sulfide) groups is 1. The molecule has 25 heavy (non-hydrogen) atoms. The fourth-order valence-corrected chi connectivity index (χ4v) is 4.06. The summed E-state index contributed by atoms with van der Waals surface area (Å²) < 4.78 is 6.21. The van der Waals surface area contributed by atoms with Gasteiger partial charge >= 0.3 is 0 Å². The van der Waals surface area contributed by atoms with Crippen LogP contribution in [0.3, 0.4) is 0 Å². The van der Waals surface area contributed by atoms with Crippen molar-refractivity contribution in [2.24, 2.45) is 5.41 Å². The summed E-state index contributed by atoms with van der Waals surface area (Å²) in [6.07, 6.45) is 6.94. The zero-order chi connectivity index (χ0) is 18.6. The fraction of sp³-hybridized carbons (Fsp3) is 0.455. The Kier molecular flexibility index (Phi) is 6.45. The molecule has 2 nitrogen and oxygen atoms in total. The lowest BCUT2D eigenvalue weighted by Gasteiger charge is -2.46. The molecule has 1 aromatic carbocycles. The van der Waals surface area contributed by atoms with Gasteiger partial charge < -0.3 is 9.84 Å². The number of allylic oxidation sites excluding steroid dienone is 2. The van der Waals surface area contributed by atoms with E-state index in [-0.39, 0.29) is 11.9 Å². The molecular weight excluding hydrogens is 328 g/mol. The molecule has 136 valence electrons. The van der Waals surface area contributed by atoms with Crippen LogP contribution in [0, 0.1) is 5.41 Å². The van der Waals surface area contributed by atoms with Gasteiger partial charge in [-0.3, -0.25) is 0 Å². The largest absolute Gasteiger partial charge is 0.508 e. The summed E-state index contributed by atoms with van der Waals surface area (Å²) in [5.74, 6) is 0.839. The highest BCUT2D eigenvalue weighted by Crippen LogP contribution is 2.48. The third-order valence-corrected chi connectivity index (χ3v) is 6.42. The molecular formula is C22H30O2S. The van der Waals surface area contributed by atoms with Crippen LogP contribution < -0.4 is 4.74 Å². The van der Waals surface area contributed by atoms with Gasteiger partial charge in [0.2, 0.25) is 0 Å². The Hall–Kier alpha value is -1.61. The topological polar surface area (TPSA) is 29.5 Å². The van der Waals surface area contributed by atoms with E-state index in [1.54, 1.807) is 11.8 Å². The number of hydrogen-bond donors (Lipinski definition) is 1. The Morgan fingerprint density at radius 2 is 1.84 bits per heavy atom. The van der Waals surface area contributed by atoms with Gasteiger partial charge in [0.25, 0.3) is 0 Å². The molecule has 0 spiro atoms. The summed E-state index contributed by atoms with van der Waals surface area (Å²) >= 11 is 1.63. The van der Waals surface area contributed by atoms with Crippen molar-refractivity contribution in [2.45, 2.75) is 59.5 Å². The number of aliphatic hydroxyl groups is 1. The van der Waals surface area contributed by atoms with Gasteiger partial charge in [-0.1, -0.05) is 57.7 Å². The first-order chi connectivity index (χ1) is 11.8. The highest BCUT2D eigenvalue weighted by Gasteiger charge is 2.42. The Labute approximate surface area is 156 Å². The van der Waals surface area contributed by atoms with Crippen molar-refractivity contribution >= 4 is 22.4 Å². The standard InChI is InChI=1S/C22H30O2S/c1-7-15(4)25-17(6)19-10-18(16(5)23)11-20(12-19)24-21-13-22(8-2,9-3)14-21/h7,10-12,21,23H,5-6,8-9,13-14H2,1-4H3/b15-7-. The SMILES string of the molecule is C=C(O)c1cc(OC2CC(CC)(CC)C2)cc(C(=C)S/C(C)=C\C)c1. The first kappa shape index (κ1) is 19.7. The normalized spacial score (nSPS) is 17.0. The van der Waals surface area contributed by atoms with Crippen LogP contribution in [0.2, 0.25) is 0 Å². The van der Waals surface area contributed by atoms with E-state index >= 15 is 0 Å². The van der Waals surface area contributed by atoms with Crippen molar-refractivity contribution in [3.8, 4) is 5.75 Å². The third kappa shape index (κ3) is 4.72. The molecule has 2 rings (SSSR count). The molecule has 0 saturated heterocycles. The maximum Gasteiger partial charge on any atom is 0.121 e. The Morgan fingerprint density at radius 3 is 2.36 bits per heavy atom. The van der Waals surface area contributed by atoms with Crippen molar-refractivity contribution in [1.82, 2.24) is 0 Å². The summed E-state index contributed by atoms with van der Waals surface area (Å²) in [5.41, 5.74) is 2.10. The van der Waals surface area contributed by atoms with E-state index in [1.807, 2.05) is 25.1 Å². The molecule has 1 saturated carbocycles. The molecule has 1 N–H and O–H groups in total. The van der Waals surface area contributed by atoms with Gasteiger partial charge in [-0.05, 0) is 60.8 Å². The minimum absolute atomic E-state index is 0.0531. The van der Waals surface area contributed by atoms with Crippen LogP contribution in [0.25, 0.3) is 10.7 Å². The number of benzene rings is 1. The van der Waals surface area contributed by atoms with Crippen LogP contribution in [-0.4, -0.2) is 11.2 Å². The summed E-state index contributed by atoms with van der Waals surface area (Å²) in [4.78, 5) is 2.13. The second kappa shape index (κ2) is 8.18. The summed E-state index contributed by atoms with van der Waals surface area (Å²) in [5, 5.41) is 9.85. The highest BCUT2D eigenvalue weighted by atomic mass is 32.2. The zero-order valence-corrected chi connectivity index (χ0v) is 16.7. The minimum atomic E-state index is 0.0531. The van der Waals surface area contributed by atoms with Crippen LogP contribution in [0.1, 0.15) is 64.5 Å². The van der Waals surface area contributed by atoms with E-state index in [4.69, 9.17) is 4.74 Å². The lowest BCUT2D eigenvalue weighted by molar-refractivity contribution is -0.0205. The van der Waals surface area contributed by atoms with Gasteiger partial charge in [0, 0.05) is 10.5 Å². The van der Waals surface area contributed by atoms with E-state index in [1.165, 1.54) is 17.7 Å². The summed E-state index contributed by atoms with van der Waals surface area (Å²) in [6, 6.07) is 5.80. The van der Waals surface area contributed by atoms with E-state index in [0.29, 0.717) is 11.0 Å². The Morgan fingerprint density at radius 1 is 1.24 bits per heavy atom. The van der Waals surface area contributed by atoms with Crippen LogP contribution in [0.5, 0.6) is 5.75 Å².